The second-order valence-corrected chi connectivity index (χ2v) is 8.44. The molecule has 146 valence electrons. The van der Waals surface area contributed by atoms with Crippen LogP contribution in [0.15, 0.2) is 84.9 Å². The van der Waals surface area contributed by atoms with Gasteiger partial charge in [-0.05, 0) is 40.3 Å². The van der Waals surface area contributed by atoms with Crippen molar-refractivity contribution in [3.8, 4) is 0 Å². The van der Waals surface area contributed by atoms with Gasteiger partial charge in [-0.1, -0.05) is 92.2 Å². The van der Waals surface area contributed by atoms with Crippen molar-refractivity contribution in [3.05, 3.63) is 96.1 Å². The Morgan fingerprint density at radius 1 is 0.931 bits per heavy atom. The van der Waals surface area contributed by atoms with Crippen LogP contribution in [0.2, 0.25) is 0 Å². The lowest BCUT2D eigenvalue weighted by Gasteiger charge is -2.30. The van der Waals surface area contributed by atoms with Crippen molar-refractivity contribution >= 4 is 16.7 Å². The highest BCUT2D eigenvalue weighted by molar-refractivity contribution is 5.86. The first kappa shape index (κ1) is 18.2. The molecule has 1 aliphatic heterocycles. The molecule has 3 aromatic rings. The lowest BCUT2D eigenvalue weighted by atomic mass is 9.73. The SMILES string of the molecule is CC[C@@H]1CC=C[C@H]2[C@H]1C(=O)N(Cc1ccccc1)[C@H]2c1ccc2ccccc2c1. The number of hydrogen-bond acceptors (Lipinski definition) is 1. The Morgan fingerprint density at radius 2 is 1.69 bits per heavy atom. The van der Waals surface area contributed by atoms with E-state index in [4.69, 9.17) is 0 Å². The fraction of sp³-hybridized carbons (Fsp3) is 0.296. The quantitative estimate of drug-likeness (QED) is 0.497. The van der Waals surface area contributed by atoms with Crippen molar-refractivity contribution in [2.75, 3.05) is 0 Å². The monoisotopic (exact) mass is 381 g/mol. The maximum Gasteiger partial charge on any atom is 0.227 e. The number of nitrogens with zero attached hydrogens (tertiary/aromatic N) is 1. The van der Waals surface area contributed by atoms with Crippen LogP contribution < -0.4 is 0 Å². The van der Waals surface area contributed by atoms with E-state index in [1.54, 1.807) is 0 Å². The summed E-state index contributed by atoms with van der Waals surface area (Å²) in [6.45, 7) is 2.90. The zero-order valence-corrected chi connectivity index (χ0v) is 16.9. The Bertz CT molecular complexity index is 1050. The van der Waals surface area contributed by atoms with Crippen LogP contribution >= 0.6 is 0 Å². The van der Waals surface area contributed by atoms with Gasteiger partial charge in [0.15, 0.2) is 0 Å². The number of fused-ring (bicyclic) bond motifs is 2. The van der Waals surface area contributed by atoms with E-state index in [9.17, 15) is 4.79 Å². The van der Waals surface area contributed by atoms with Crippen LogP contribution in [0.25, 0.3) is 10.8 Å². The molecule has 3 aromatic carbocycles. The Balaban J connectivity index is 1.60. The number of allylic oxidation sites excluding steroid dienone is 1. The van der Waals surface area contributed by atoms with Gasteiger partial charge in [0, 0.05) is 18.4 Å². The zero-order valence-electron chi connectivity index (χ0n) is 16.9. The van der Waals surface area contributed by atoms with E-state index in [1.165, 1.54) is 21.9 Å². The Labute approximate surface area is 172 Å². The molecule has 1 fully saturated rings. The summed E-state index contributed by atoms with van der Waals surface area (Å²) in [6, 6.07) is 25.7. The minimum absolute atomic E-state index is 0.0999. The van der Waals surface area contributed by atoms with Crippen molar-refractivity contribution < 1.29 is 4.79 Å². The maximum absolute atomic E-state index is 13.7. The molecule has 1 saturated heterocycles. The molecule has 29 heavy (non-hydrogen) atoms. The molecule has 2 aliphatic rings. The van der Waals surface area contributed by atoms with Crippen LogP contribution in [0.3, 0.4) is 0 Å². The van der Waals surface area contributed by atoms with Crippen LogP contribution in [-0.2, 0) is 11.3 Å². The number of likely N-dealkylation sites (tertiary alicyclic amines) is 1. The molecule has 0 radical (unpaired) electrons. The van der Waals surface area contributed by atoms with Gasteiger partial charge in [-0.2, -0.15) is 0 Å². The highest BCUT2D eigenvalue weighted by Crippen LogP contribution is 2.50. The number of hydrogen-bond donors (Lipinski definition) is 0. The lowest BCUT2D eigenvalue weighted by Crippen LogP contribution is -2.31. The molecule has 1 aliphatic carbocycles. The third kappa shape index (κ3) is 3.17. The molecule has 0 N–H and O–H groups in total. The van der Waals surface area contributed by atoms with E-state index in [1.807, 2.05) is 6.07 Å². The molecular formula is C27H27NO. The number of carbonyl (C=O) groups is 1. The Morgan fingerprint density at radius 3 is 2.48 bits per heavy atom. The van der Waals surface area contributed by atoms with Gasteiger partial charge in [0.1, 0.15) is 0 Å². The van der Waals surface area contributed by atoms with Gasteiger partial charge in [-0.3, -0.25) is 4.79 Å². The second kappa shape index (κ2) is 7.51. The molecule has 0 bridgehead atoms. The molecule has 4 atom stereocenters. The van der Waals surface area contributed by atoms with Crippen LogP contribution in [0.4, 0.5) is 0 Å². The molecule has 5 rings (SSSR count). The third-order valence-corrected chi connectivity index (χ3v) is 6.82. The first-order valence-electron chi connectivity index (χ1n) is 10.8. The fourth-order valence-electron chi connectivity index (χ4n) is 5.37. The van der Waals surface area contributed by atoms with Crippen LogP contribution in [-0.4, -0.2) is 10.8 Å². The average Bonchev–Trinajstić information content (AvgIpc) is 3.06. The molecule has 0 unspecified atom stereocenters. The van der Waals surface area contributed by atoms with Crippen LogP contribution in [0.1, 0.15) is 36.9 Å². The minimum Gasteiger partial charge on any atom is -0.330 e. The standard InChI is InChI=1S/C27H27NO/c1-2-20-13-8-14-24-25(20)27(29)28(18-19-9-4-3-5-10-19)26(24)23-16-15-21-11-6-7-12-22(21)17-23/h3-12,14-17,20,24-26H,2,13,18H2,1H3/t20-,24+,25+,26+/m1/s1. The summed E-state index contributed by atoms with van der Waals surface area (Å²) >= 11 is 0. The highest BCUT2D eigenvalue weighted by atomic mass is 16.2. The van der Waals surface area contributed by atoms with Gasteiger partial charge < -0.3 is 4.90 Å². The molecule has 0 spiro atoms. The smallest absolute Gasteiger partial charge is 0.227 e. The topological polar surface area (TPSA) is 20.3 Å². The average molecular weight is 382 g/mol. The number of amides is 1. The summed E-state index contributed by atoms with van der Waals surface area (Å²) in [5.41, 5.74) is 2.45. The van der Waals surface area contributed by atoms with Crippen molar-refractivity contribution in [1.29, 1.82) is 0 Å². The van der Waals surface area contributed by atoms with Gasteiger partial charge >= 0.3 is 0 Å². The van der Waals surface area contributed by atoms with Crippen molar-refractivity contribution in [2.45, 2.75) is 32.4 Å². The summed E-state index contributed by atoms with van der Waals surface area (Å²) in [4.78, 5) is 15.8. The summed E-state index contributed by atoms with van der Waals surface area (Å²) in [5.74, 6) is 1.13. The van der Waals surface area contributed by atoms with Gasteiger partial charge in [0.25, 0.3) is 0 Å². The lowest BCUT2D eigenvalue weighted by molar-refractivity contribution is -0.134. The summed E-state index contributed by atoms with van der Waals surface area (Å²) in [7, 11) is 0. The van der Waals surface area contributed by atoms with E-state index in [-0.39, 0.29) is 17.9 Å². The predicted octanol–water partition coefficient (Wildman–Crippen LogP) is 6.14. The number of carbonyl (C=O) groups excluding carboxylic acids is 1. The minimum atomic E-state index is 0.0999. The third-order valence-electron chi connectivity index (χ3n) is 6.82. The van der Waals surface area contributed by atoms with E-state index >= 15 is 0 Å². The summed E-state index contributed by atoms with van der Waals surface area (Å²) in [5, 5.41) is 2.49. The van der Waals surface area contributed by atoms with Crippen LogP contribution in [0, 0.1) is 17.8 Å². The maximum atomic E-state index is 13.7. The highest BCUT2D eigenvalue weighted by Gasteiger charge is 2.50. The Hall–Kier alpha value is -2.87. The fourth-order valence-corrected chi connectivity index (χ4v) is 5.37. The van der Waals surface area contributed by atoms with Crippen molar-refractivity contribution in [3.63, 3.8) is 0 Å². The van der Waals surface area contributed by atoms with E-state index in [0.717, 1.165) is 12.8 Å². The first-order valence-corrected chi connectivity index (χ1v) is 10.8. The summed E-state index contributed by atoms with van der Waals surface area (Å²) < 4.78 is 0. The predicted molar refractivity (Wildman–Crippen MR) is 118 cm³/mol. The van der Waals surface area contributed by atoms with Crippen LogP contribution in [0.5, 0.6) is 0 Å². The Kier molecular flexibility index (Phi) is 4.71. The largest absolute Gasteiger partial charge is 0.330 e. The van der Waals surface area contributed by atoms with Gasteiger partial charge in [0.05, 0.1) is 6.04 Å². The first-order chi connectivity index (χ1) is 14.3. The molecule has 0 saturated carbocycles. The van der Waals surface area contributed by atoms with Gasteiger partial charge in [-0.15, -0.1) is 0 Å². The number of rotatable bonds is 4. The van der Waals surface area contributed by atoms with Crippen molar-refractivity contribution in [2.24, 2.45) is 17.8 Å². The van der Waals surface area contributed by atoms with E-state index < -0.39 is 0 Å². The zero-order chi connectivity index (χ0) is 19.8. The molecule has 0 aromatic heterocycles. The summed E-state index contributed by atoms with van der Waals surface area (Å²) in [6.07, 6.45) is 6.70. The molecule has 2 heteroatoms. The molecular weight excluding hydrogens is 354 g/mol. The second-order valence-electron chi connectivity index (χ2n) is 8.44. The van der Waals surface area contributed by atoms with E-state index in [0.29, 0.717) is 18.4 Å². The normalized spacial score (nSPS) is 26.1. The van der Waals surface area contributed by atoms with Crippen molar-refractivity contribution in [1.82, 2.24) is 4.90 Å². The van der Waals surface area contributed by atoms with E-state index in [2.05, 4.69) is 90.7 Å². The van der Waals surface area contributed by atoms with Gasteiger partial charge in [-0.25, -0.2) is 0 Å². The molecule has 1 amide bonds. The molecule has 1 heterocycles. The number of benzene rings is 3. The molecule has 2 nitrogen and oxygen atoms in total. The van der Waals surface area contributed by atoms with Gasteiger partial charge in [0.2, 0.25) is 5.91 Å².